The zero-order valence-corrected chi connectivity index (χ0v) is 31.6. The first-order chi connectivity index (χ1) is 28.0. The van der Waals surface area contributed by atoms with Crippen LogP contribution in [0.15, 0.2) is 158 Å². The third-order valence-corrected chi connectivity index (χ3v) is 16.1. The van der Waals surface area contributed by atoms with Crippen molar-refractivity contribution in [3.05, 3.63) is 181 Å². The maximum absolute atomic E-state index is 14.4. The maximum Gasteiger partial charge on any atom is 0.338 e. The van der Waals surface area contributed by atoms with E-state index in [1.54, 1.807) is 60.7 Å². The van der Waals surface area contributed by atoms with Gasteiger partial charge in [0.15, 0.2) is 17.0 Å². The van der Waals surface area contributed by atoms with Crippen LogP contribution in [0.1, 0.15) is 49.5 Å². The molecule has 10 rings (SSSR count). The molecule has 12 heteroatoms. The monoisotopic (exact) mass is 769 g/mol. The molecule has 0 N–H and O–H groups in total. The molecule has 2 amide bonds. The van der Waals surface area contributed by atoms with Gasteiger partial charge in [0.05, 0.1) is 12.2 Å². The minimum Gasteiger partial charge on any atom is -0.455 e. The summed E-state index contributed by atoms with van der Waals surface area (Å²) in [5.74, 6) is -0.861. The Hall–Kier alpha value is -6.60. The fourth-order valence-electron chi connectivity index (χ4n) is 8.91. The molecular weight excluding hydrogens is 735 g/mol. The molecule has 0 unspecified atom stereocenters. The average molecular weight is 770 g/mol. The minimum absolute atomic E-state index is 0.0527. The van der Waals surface area contributed by atoms with Gasteiger partial charge in [-0.15, -0.1) is 0 Å². The lowest BCUT2D eigenvalue weighted by atomic mass is 9.90. The summed E-state index contributed by atoms with van der Waals surface area (Å²) in [4.78, 5) is 58.2. The molecule has 2 aromatic heterocycles. The topological polar surface area (TPSA) is 126 Å². The van der Waals surface area contributed by atoms with Gasteiger partial charge < -0.3 is 13.9 Å². The third-order valence-electron chi connectivity index (χ3n) is 11.5. The van der Waals surface area contributed by atoms with E-state index in [1.165, 1.54) is 6.33 Å². The number of imide groups is 1. The third kappa shape index (κ3) is 5.55. The van der Waals surface area contributed by atoms with Crippen molar-refractivity contribution in [3.63, 3.8) is 0 Å². The fraction of sp³-hybridized carbons (Fsp3) is 0.156. The smallest absolute Gasteiger partial charge is 0.338 e. The summed E-state index contributed by atoms with van der Waals surface area (Å²) in [5, 5.41) is 2.10. The van der Waals surface area contributed by atoms with Gasteiger partial charge in [-0.1, -0.05) is 115 Å². The number of carbonyl (C=O) groups excluding carboxylic acids is 3. The quantitative estimate of drug-likeness (QED) is 0.111. The summed E-state index contributed by atoms with van der Waals surface area (Å²) < 4.78 is 22.9. The van der Waals surface area contributed by atoms with Gasteiger partial charge in [-0.3, -0.25) is 14.2 Å². The second-order valence-corrected chi connectivity index (χ2v) is 18.1. The van der Waals surface area contributed by atoms with Gasteiger partial charge in [0.2, 0.25) is 0 Å². The summed E-state index contributed by atoms with van der Waals surface area (Å²) in [7, 11) is -3.22. The molecule has 0 radical (unpaired) electrons. The van der Waals surface area contributed by atoms with Crippen LogP contribution in [0.25, 0.3) is 11.2 Å². The van der Waals surface area contributed by atoms with E-state index in [0.717, 1.165) is 15.3 Å². The molecule has 2 saturated heterocycles. The summed E-state index contributed by atoms with van der Waals surface area (Å²) in [6, 6.07) is 46.7. The first kappa shape index (κ1) is 34.9. The van der Waals surface area contributed by atoms with E-state index in [4.69, 9.17) is 23.9 Å². The van der Waals surface area contributed by atoms with Crippen molar-refractivity contribution < 1.29 is 28.3 Å². The molecule has 280 valence electrons. The lowest BCUT2D eigenvalue weighted by Crippen LogP contribution is -2.64. The van der Waals surface area contributed by atoms with Crippen LogP contribution in [0.2, 0.25) is 5.54 Å². The van der Waals surface area contributed by atoms with Crippen LogP contribution in [0.5, 0.6) is 0 Å². The van der Waals surface area contributed by atoms with E-state index in [0.29, 0.717) is 41.0 Å². The highest BCUT2D eigenvalue weighted by atomic mass is 28.4. The molecule has 3 aliphatic rings. The van der Waals surface area contributed by atoms with Gasteiger partial charge in [-0.05, 0) is 46.8 Å². The standard InChI is InChI=1S/C45H35N5O6Si/c51-42(30-16-6-1-7-17-30)50(43(52)31-18-8-2-9-19-31)41-39-40(46-29-47-41)49-37(48-39)27-36-45(35(26-38(49)56-45)55-44(53)32-20-10-3-11-21-32)28-54-57(36,33-22-12-4-13-23-33)34-24-14-5-15-25-34/h1-25,29,35-36,38H,26-28H2/t35-,36-,38+,45+/m0/s1. The van der Waals surface area contributed by atoms with E-state index < -0.39 is 44.0 Å². The van der Waals surface area contributed by atoms with Crippen LogP contribution >= 0.6 is 0 Å². The molecule has 7 aromatic rings. The molecule has 2 bridgehead atoms. The van der Waals surface area contributed by atoms with Gasteiger partial charge >= 0.3 is 5.97 Å². The van der Waals surface area contributed by atoms with Crippen molar-refractivity contribution in [1.29, 1.82) is 0 Å². The molecule has 57 heavy (non-hydrogen) atoms. The molecule has 2 fully saturated rings. The molecule has 1 spiro atoms. The molecule has 5 aromatic carbocycles. The van der Waals surface area contributed by atoms with Crippen LogP contribution in [-0.2, 0) is 20.3 Å². The highest BCUT2D eigenvalue weighted by Crippen LogP contribution is 2.57. The molecule has 0 saturated carbocycles. The van der Waals surface area contributed by atoms with Gasteiger partial charge in [-0.25, -0.2) is 24.6 Å². The normalized spacial score (nSPS) is 21.6. The molecular formula is C45H35N5O6Si. The number of aromatic nitrogens is 4. The Kier molecular flexibility index (Phi) is 8.47. The van der Waals surface area contributed by atoms with Crippen LogP contribution in [0.3, 0.4) is 0 Å². The number of fused-ring (bicyclic) bond motifs is 5. The van der Waals surface area contributed by atoms with Crippen LogP contribution in [0.4, 0.5) is 5.82 Å². The van der Waals surface area contributed by atoms with E-state index in [1.807, 2.05) is 71.3 Å². The van der Waals surface area contributed by atoms with Crippen molar-refractivity contribution in [3.8, 4) is 0 Å². The van der Waals surface area contributed by atoms with Gasteiger partial charge in [0, 0.05) is 29.5 Å². The van der Waals surface area contributed by atoms with Crippen molar-refractivity contribution in [2.45, 2.75) is 36.3 Å². The molecule has 11 nitrogen and oxygen atoms in total. The number of benzene rings is 5. The first-order valence-electron chi connectivity index (χ1n) is 18.9. The van der Waals surface area contributed by atoms with E-state index in [2.05, 4.69) is 29.2 Å². The number of amides is 2. The lowest BCUT2D eigenvalue weighted by Gasteiger charge is -2.39. The Labute approximate surface area is 328 Å². The highest BCUT2D eigenvalue weighted by Gasteiger charge is 2.71. The predicted octanol–water partition coefficient (Wildman–Crippen LogP) is 5.91. The largest absolute Gasteiger partial charge is 0.455 e. The predicted molar refractivity (Wildman–Crippen MR) is 214 cm³/mol. The second kappa shape index (κ2) is 13.9. The lowest BCUT2D eigenvalue weighted by molar-refractivity contribution is -0.107. The second-order valence-electron chi connectivity index (χ2n) is 14.5. The molecule has 3 aliphatic heterocycles. The van der Waals surface area contributed by atoms with Gasteiger partial charge in [0.1, 0.15) is 30.1 Å². The number of hydrogen-bond donors (Lipinski definition) is 0. The Bertz CT molecular complexity index is 2540. The number of ether oxygens (including phenoxy) is 2. The molecule has 4 atom stereocenters. The van der Waals surface area contributed by atoms with E-state index in [-0.39, 0.29) is 23.5 Å². The Morgan fingerprint density at radius 1 is 0.702 bits per heavy atom. The summed E-state index contributed by atoms with van der Waals surface area (Å²) in [5.41, 5.74) is 0.356. The summed E-state index contributed by atoms with van der Waals surface area (Å²) in [6.07, 6.45) is 0.635. The highest BCUT2D eigenvalue weighted by molar-refractivity contribution is 6.99. The average Bonchev–Trinajstić information content (AvgIpc) is 3.90. The van der Waals surface area contributed by atoms with Crippen molar-refractivity contribution in [2.24, 2.45) is 0 Å². The molecule has 0 aliphatic carbocycles. The van der Waals surface area contributed by atoms with Crippen molar-refractivity contribution >= 4 is 53.5 Å². The van der Waals surface area contributed by atoms with Crippen molar-refractivity contribution in [1.82, 2.24) is 19.5 Å². The van der Waals surface area contributed by atoms with Crippen LogP contribution in [0, 0.1) is 0 Å². The zero-order valence-electron chi connectivity index (χ0n) is 30.6. The number of nitrogens with zero attached hydrogens (tertiary/aromatic N) is 5. The summed E-state index contributed by atoms with van der Waals surface area (Å²) >= 11 is 0. The van der Waals surface area contributed by atoms with Crippen LogP contribution in [-0.4, -0.2) is 63.9 Å². The fourth-order valence-corrected chi connectivity index (χ4v) is 13.9. The number of rotatable bonds is 7. The maximum atomic E-state index is 14.4. The minimum atomic E-state index is -3.22. The zero-order chi connectivity index (χ0) is 38.6. The number of anilines is 1. The number of hydrogen-bond acceptors (Lipinski definition) is 9. The van der Waals surface area contributed by atoms with Crippen LogP contribution < -0.4 is 15.3 Å². The summed E-state index contributed by atoms with van der Waals surface area (Å²) in [6.45, 7) is 0.199. The van der Waals surface area contributed by atoms with Gasteiger partial charge in [-0.2, -0.15) is 0 Å². The Morgan fingerprint density at radius 3 is 1.79 bits per heavy atom. The number of esters is 1. The molecule has 5 heterocycles. The SMILES string of the molecule is O=C(O[C@H]1C[C@H]2O[C@]13CO[Si](c1ccccc1)(c1ccccc1)[C@H]3Cc1nc3c(N(C(=O)c4ccccc4)C(=O)c4ccccc4)ncnc3n12)c1ccccc1. The van der Waals surface area contributed by atoms with Gasteiger partial charge in [0.25, 0.3) is 20.1 Å². The number of imidazole rings is 1. The van der Waals surface area contributed by atoms with Crippen molar-refractivity contribution in [2.75, 3.05) is 11.5 Å². The van der Waals surface area contributed by atoms with E-state index >= 15 is 0 Å². The Balaban J connectivity index is 1.17. The van der Waals surface area contributed by atoms with E-state index in [9.17, 15) is 14.4 Å². The first-order valence-corrected chi connectivity index (χ1v) is 20.9. The number of carbonyl (C=O) groups is 3. The Morgan fingerprint density at radius 2 is 1.23 bits per heavy atom.